The summed E-state index contributed by atoms with van der Waals surface area (Å²) >= 11 is 11.0. The molecule has 0 aliphatic heterocycles. The number of rotatable bonds is 3. The monoisotopic (exact) mass is 384 g/mol. The number of hydrogen-bond acceptors (Lipinski definition) is 2. The molecule has 0 amide bonds. The lowest BCUT2D eigenvalue weighted by molar-refractivity contribution is -0.274. The van der Waals surface area contributed by atoms with Crippen LogP contribution in [0.3, 0.4) is 0 Å². The summed E-state index contributed by atoms with van der Waals surface area (Å²) in [5, 5.41) is 0. The van der Waals surface area contributed by atoms with Crippen LogP contribution in [0.15, 0.2) is 30.3 Å². The van der Waals surface area contributed by atoms with Gasteiger partial charge in [0, 0.05) is 4.88 Å². The minimum Gasteiger partial charge on any atom is -0.406 e. The van der Waals surface area contributed by atoms with Crippen molar-refractivity contribution in [2.45, 2.75) is 18.1 Å². The van der Waals surface area contributed by atoms with Crippen molar-refractivity contribution in [3.8, 4) is 5.75 Å². The maximum atomic E-state index is 12.1. The highest BCUT2D eigenvalue weighted by Gasteiger charge is 2.31. The summed E-state index contributed by atoms with van der Waals surface area (Å²) in [4.78, 5) is 0.885. The summed E-state index contributed by atoms with van der Waals surface area (Å²) in [5.74, 6) is -0.235. The predicted octanol–water partition coefficient (Wildman–Crippen LogP) is 6.09. The van der Waals surface area contributed by atoms with E-state index in [9.17, 15) is 13.2 Å². The standard InChI is InChI=1S/C13H9BrClF3OS/c1-7-6-10(20-12(7)15)11(14)8-2-4-9(5-3-8)19-13(16,17)18/h2-6,11H,1H3. The van der Waals surface area contributed by atoms with Crippen LogP contribution in [-0.4, -0.2) is 6.36 Å². The highest BCUT2D eigenvalue weighted by molar-refractivity contribution is 9.09. The van der Waals surface area contributed by atoms with Crippen LogP contribution >= 0.6 is 38.9 Å². The third-order valence-corrected chi connectivity index (χ3v) is 5.48. The molecule has 1 aromatic heterocycles. The Morgan fingerprint density at radius 2 is 1.85 bits per heavy atom. The van der Waals surface area contributed by atoms with Crippen LogP contribution in [0.1, 0.15) is 20.8 Å². The van der Waals surface area contributed by atoms with E-state index in [1.165, 1.54) is 23.5 Å². The van der Waals surface area contributed by atoms with Crippen LogP contribution < -0.4 is 4.74 Å². The van der Waals surface area contributed by atoms with Gasteiger partial charge in [-0.05, 0) is 36.2 Å². The lowest BCUT2D eigenvalue weighted by Crippen LogP contribution is -2.17. The number of ether oxygens (including phenoxy) is 1. The molecule has 20 heavy (non-hydrogen) atoms. The smallest absolute Gasteiger partial charge is 0.406 e. The summed E-state index contributed by atoms with van der Waals surface area (Å²) in [6.07, 6.45) is -4.67. The molecule has 0 aliphatic rings. The van der Waals surface area contributed by atoms with E-state index in [0.29, 0.717) is 4.34 Å². The number of hydrogen-bond donors (Lipinski definition) is 0. The zero-order valence-corrected chi connectivity index (χ0v) is 13.3. The Hall–Kier alpha value is -0.720. The van der Waals surface area contributed by atoms with E-state index in [4.69, 9.17) is 11.6 Å². The summed E-state index contributed by atoms with van der Waals surface area (Å²) in [6.45, 7) is 1.91. The van der Waals surface area contributed by atoms with Crippen LogP contribution in [-0.2, 0) is 0 Å². The Labute approximate surface area is 131 Å². The molecule has 108 valence electrons. The van der Waals surface area contributed by atoms with Crippen LogP contribution in [0.4, 0.5) is 13.2 Å². The van der Waals surface area contributed by atoms with E-state index >= 15 is 0 Å². The fourth-order valence-corrected chi connectivity index (χ4v) is 3.55. The van der Waals surface area contributed by atoms with Crippen molar-refractivity contribution in [3.05, 3.63) is 50.7 Å². The molecule has 1 atom stereocenters. The maximum absolute atomic E-state index is 12.1. The number of thiophene rings is 1. The van der Waals surface area contributed by atoms with Gasteiger partial charge < -0.3 is 4.74 Å². The van der Waals surface area contributed by atoms with Gasteiger partial charge in [0.15, 0.2) is 0 Å². The molecule has 1 aromatic carbocycles. The van der Waals surface area contributed by atoms with Crippen molar-refractivity contribution in [1.29, 1.82) is 0 Å². The average molecular weight is 386 g/mol. The number of halogens is 5. The average Bonchev–Trinajstić information content (AvgIpc) is 2.68. The van der Waals surface area contributed by atoms with Crippen molar-refractivity contribution in [1.82, 2.24) is 0 Å². The van der Waals surface area contributed by atoms with Gasteiger partial charge in [-0.2, -0.15) is 0 Å². The quantitative estimate of drug-likeness (QED) is 0.581. The zero-order valence-electron chi connectivity index (χ0n) is 10.2. The fraction of sp³-hybridized carbons (Fsp3) is 0.231. The van der Waals surface area contributed by atoms with Gasteiger partial charge >= 0.3 is 6.36 Å². The first-order valence-electron chi connectivity index (χ1n) is 5.52. The van der Waals surface area contributed by atoms with Gasteiger partial charge in [0.1, 0.15) is 5.75 Å². The molecule has 0 fully saturated rings. The van der Waals surface area contributed by atoms with E-state index in [-0.39, 0.29) is 10.6 Å². The number of benzene rings is 1. The minimum absolute atomic E-state index is 0.112. The molecular formula is C13H9BrClF3OS. The second kappa shape index (κ2) is 5.95. The molecule has 2 rings (SSSR count). The normalized spacial score (nSPS) is 13.3. The molecule has 0 radical (unpaired) electrons. The van der Waals surface area contributed by atoms with Crippen molar-refractivity contribution in [3.63, 3.8) is 0 Å². The van der Waals surface area contributed by atoms with Crippen molar-refractivity contribution < 1.29 is 17.9 Å². The van der Waals surface area contributed by atoms with Gasteiger partial charge in [-0.15, -0.1) is 24.5 Å². The number of aryl methyl sites for hydroxylation is 1. The van der Waals surface area contributed by atoms with E-state index < -0.39 is 6.36 Å². The summed E-state index contributed by atoms with van der Waals surface area (Å²) in [5.41, 5.74) is 1.81. The molecule has 2 aromatic rings. The van der Waals surface area contributed by atoms with Crippen LogP contribution in [0, 0.1) is 6.92 Å². The first-order valence-corrected chi connectivity index (χ1v) is 7.63. The Morgan fingerprint density at radius 1 is 1.25 bits per heavy atom. The van der Waals surface area contributed by atoms with E-state index in [2.05, 4.69) is 20.7 Å². The lowest BCUT2D eigenvalue weighted by Gasteiger charge is -2.11. The minimum atomic E-state index is -4.67. The van der Waals surface area contributed by atoms with Gasteiger partial charge in [0.05, 0.1) is 9.16 Å². The fourth-order valence-electron chi connectivity index (χ4n) is 1.61. The highest BCUT2D eigenvalue weighted by atomic mass is 79.9. The molecule has 0 aliphatic carbocycles. The number of alkyl halides is 4. The Kier molecular flexibility index (Phi) is 4.66. The van der Waals surface area contributed by atoms with Gasteiger partial charge in [-0.3, -0.25) is 0 Å². The van der Waals surface area contributed by atoms with Gasteiger partial charge in [0.25, 0.3) is 0 Å². The molecule has 1 nitrogen and oxygen atoms in total. The second-order valence-electron chi connectivity index (χ2n) is 4.08. The Balaban J connectivity index is 2.17. The van der Waals surface area contributed by atoms with Gasteiger partial charge in [-0.25, -0.2) is 0 Å². The summed E-state index contributed by atoms with van der Waals surface area (Å²) in [6, 6.07) is 7.71. The van der Waals surface area contributed by atoms with E-state index in [1.54, 1.807) is 12.1 Å². The molecule has 1 unspecified atom stereocenters. The lowest BCUT2D eigenvalue weighted by atomic mass is 10.1. The van der Waals surface area contributed by atoms with Crippen molar-refractivity contribution in [2.75, 3.05) is 0 Å². The topological polar surface area (TPSA) is 9.23 Å². The van der Waals surface area contributed by atoms with Gasteiger partial charge in [0.2, 0.25) is 0 Å². The zero-order chi connectivity index (χ0) is 14.9. The largest absolute Gasteiger partial charge is 0.573 e. The first-order chi connectivity index (χ1) is 9.26. The Morgan fingerprint density at radius 3 is 2.30 bits per heavy atom. The molecule has 1 heterocycles. The molecule has 0 spiro atoms. The molecule has 0 N–H and O–H groups in total. The van der Waals surface area contributed by atoms with Crippen LogP contribution in [0.5, 0.6) is 5.75 Å². The summed E-state index contributed by atoms with van der Waals surface area (Å²) in [7, 11) is 0. The predicted molar refractivity (Wildman–Crippen MR) is 78.0 cm³/mol. The molecule has 0 saturated carbocycles. The molecular weight excluding hydrogens is 377 g/mol. The molecule has 0 saturated heterocycles. The Bertz CT molecular complexity index is 575. The summed E-state index contributed by atoms with van der Waals surface area (Å²) < 4.78 is 40.7. The highest BCUT2D eigenvalue weighted by Crippen LogP contribution is 2.39. The van der Waals surface area contributed by atoms with E-state index in [0.717, 1.165) is 16.0 Å². The van der Waals surface area contributed by atoms with Crippen LogP contribution in [0.25, 0.3) is 0 Å². The first kappa shape index (κ1) is 15.7. The SMILES string of the molecule is Cc1cc(C(Br)c2ccc(OC(F)(F)F)cc2)sc1Cl. The molecule has 7 heteroatoms. The van der Waals surface area contributed by atoms with Crippen LogP contribution in [0.2, 0.25) is 4.34 Å². The second-order valence-corrected chi connectivity index (χ2v) is 6.69. The van der Waals surface area contributed by atoms with Gasteiger partial charge in [-0.1, -0.05) is 39.7 Å². The maximum Gasteiger partial charge on any atom is 0.573 e. The van der Waals surface area contributed by atoms with E-state index in [1.807, 2.05) is 13.0 Å². The third kappa shape index (κ3) is 3.90. The van der Waals surface area contributed by atoms with Crippen molar-refractivity contribution >= 4 is 38.9 Å². The third-order valence-electron chi connectivity index (χ3n) is 2.53. The van der Waals surface area contributed by atoms with Crippen molar-refractivity contribution in [2.24, 2.45) is 0 Å². The molecule has 0 bridgehead atoms.